The number of rotatable bonds is 4. The number of aromatic nitrogens is 2. The summed E-state index contributed by atoms with van der Waals surface area (Å²) < 4.78 is 2.00. The highest BCUT2D eigenvalue weighted by molar-refractivity contribution is 5.92. The molecular weight excluding hydrogens is 266 g/mol. The summed E-state index contributed by atoms with van der Waals surface area (Å²) in [5, 5.41) is 12.2. The first-order valence-electron chi connectivity index (χ1n) is 7.00. The van der Waals surface area contributed by atoms with Gasteiger partial charge in [-0.1, -0.05) is 6.92 Å². The number of amides is 1. The number of aliphatic hydroxyl groups is 1. The Labute approximate surface area is 124 Å². The summed E-state index contributed by atoms with van der Waals surface area (Å²) in [6.07, 6.45) is 1.12. The molecule has 1 aromatic carbocycles. The van der Waals surface area contributed by atoms with E-state index in [1.54, 1.807) is 20.2 Å². The van der Waals surface area contributed by atoms with Crippen LogP contribution >= 0.6 is 0 Å². The van der Waals surface area contributed by atoms with E-state index < -0.39 is 12.0 Å². The number of carbonyl (C=O) groups is 1. The average Bonchev–Trinajstić information content (AvgIpc) is 2.79. The van der Waals surface area contributed by atoms with Crippen molar-refractivity contribution in [2.24, 2.45) is 5.92 Å². The maximum Gasteiger partial charge on any atom is 0.229 e. The van der Waals surface area contributed by atoms with Crippen molar-refractivity contribution in [3.8, 4) is 5.69 Å². The molecule has 2 aromatic rings. The van der Waals surface area contributed by atoms with Gasteiger partial charge >= 0.3 is 0 Å². The second kappa shape index (κ2) is 6.10. The molecular formula is C16H21N3O2. The predicted molar refractivity (Wildman–Crippen MR) is 82.5 cm³/mol. The number of nitrogens with one attached hydrogen (secondary N) is 1. The van der Waals surface area contributed by atoms with Gasteiger partial charge in [0.25, 0.3) is 0 Å². The van der Waals surface area contributed by atoms with E-state index in [4.69, 9.17) is 0 Å². The number of aryl methyl sites for hydroxylation is 1. The van der Waals surface area contributed by atoms with Crippen molar-refractivity contribution in [1.82, 2.24) is 9.55 Å². The van der Waals surface area contributed by atoms with Gasteiger partial charge < -0.3 is 15.0 Å². The van der Waals surface area contributed by atoms with E-state index in [1.807, 2.05) is 42.7 Å². The maximum atomic E-state index is 11.9. The normalized spacial score (nSPS) is 13.8. The lowest BCUT2D eigenvalue weighted by Gasteiger charge is -2.15. The molecule has 0 saturated carbocycles. The molecule has 0 spiro atoms. The molecule has 0 bridgehead atoms. The van der Waals surface area contributed by atoms with Crippen LogP contribution in [0.3, 0.4) is 0 Å². The summed E-state index contributed by atoms with van der Waals surface area (Å²) in [6, 6.07) is 7.54. The fraction of sp³-hybridized carbons (Fsp3) is 0.375. The van der Waals surface area contributed by atoms with Crippen molar-refractivity contribution in [2.75, 3.05) is 5.32 Å². The second-order valence-electron chi connectivity index (χ2n) is 5.35. The minimum absolute atomic E-state index is 0.188. The van der Waals surface area contributed by atoms with Crippen LogP contribution in [-0.2, 0) is 4.79 Å². The lowest BCUT2D eigenvalue weighted by Crippen LogP contribution is -2.28. The van der Waals surface area contributed by atoms with Crippen LogP contribution in [-0.4, -0.2) is 26.7 Å². The molecule has 0 aliphatic rings. The summed E-state index contributed by atoms with van der Waals surface area (Å²) in [6.45, 7) is 7.30. The molecule has 0 unspecified atom stereocenters. The third-order valence-electron chi connectivity index (χ3n) is 3.80. The highest BCUT2D eigenvalue weighted by Gasteiger charge is 2.18. The first kappa shape index (κ1) is 15.3. The van der Waals surface area contributed by atoms with Crippen LogP contribution in [0.1, 0.15) is 25.2 Å². The molecule has 0 aliphatic heterocycles. The van der Waals surface area contributed by atoms with E-state index in [0.29, 0.717) is 5.69 Å². The topological polar surface area (TPSA) is 67.2 Å². The van der Waals surface area contributed by atoms with Crippen molar-refractivity contribution in [3.05, 3.63) is 42.0 Å². The van der Waals surface area contributed by atoms with Crippen LogP contribution in [0.15, 0.2) is 30.6 Å². The molecule has 2 N–H and O–H groups in total. The highest BCUT2D eigenvalue weighted by Crippen LogP contribution is 2.17. The zero-order valence-electron chi connectivity index (χ0n) is 12.8. The largest absolute Gasteiger partial charge is 0.393 e. The van der Waals surface area contributed by atoms with Gasteiger partial charge in [0.05, 0.1) is 24.0 Å². The van der Waals surface area contributed by atoms with E-state index in [9.17, 15) is 9.90 Å². The summed E-state index contributed by atoms with van der Waals surface area (Å²) in [5.41, 5.74) is 3.80. The van der Waals surface area contributed by atoms with Gasteiger partial charge in [-0.2, -0.15) is 0 Å². The number of carbonyl (C=O) groups excluding carboxylic acids is 1. The van der Waals surface area contributed by atoms with Gasteiger partial charge in [-0.15, -0.1) is 0 Å². The Balaban J connectivity index is 2.13. The molecule has 5 heteroatoms. The molecule has 21 heavy (non-hydrogen) atoms. The first-order chi connectivity index (χ1) is 9.90. The van der Waals surface area contributed by atoms with Gasteiger partial charge in [0.2, 0.25) is 5.91 Å². The molecule has 2 atom stereocenters. The Kier molecular flexibility index (Phi) is 4.43. The number of imidazole rings is 1. The molecule has 0 fully saturated rings. The lowest BCUT2D eigenvalue weighted by atomic mass is 10.1. The third-order valence-corrected chi connectivity index (χ3v) is 3.80. The van der Waals surface area contributed by atoms with Crippen LogP contribution in [0.2, 0.25) is 0 Å². The van der Waals surface area contributed by atoms with Crippen molar-refractivity contribution in [1.29, 1.82) is 0 Å². The van der Waals surface area contributed by atoms with Crippen molar-refractivity contribution >= 4 is 11.6 Å². The molecule has 0 aliphatic carbocycles. The Morgan fingerprint density at radius 1 is 1.24 bits per heavy atom. The first-order valence-corrected chi connectivity index (χ1v) is 7.00. The van der Waals surface area contributed by atoms with Crippen molar-refractivity contribution < 1.29 is 9.90 Å². The fourth-order valence-corrected chi connectivity index (χ4v) is 1.94. The molecule has 1 heterocycles. The summed E-state index contributed by atoms with van der Waals surface area (Å²) in [7, 11) is 0. The maximum absolute atomic E-state index is 11.9. The van der Waals surface area contributed by atoms with Crippen molar-refractivity contribution in [3.63, 3.8) is 0 Å². The van der Waals surface area contributed by atoms with Crippen LogP contribution in [0, 0.1) is 19.8 Å². The van der Waals surface area contributed by atoms with Crippen LogP contribution in [0.25, 0.3) is 5.69 Å². The monoisotopic (exact) mass is 287 g/mol. The van der Waals surface area contributed by atoms with E-state index in [1.165, 1.54) is 0 Å². The van der Waals surface area contributed by atoms with Crippen LogP contribution < -0.4 is 5.32 Å². The summed E-state index contributed by atoms with van der Waals surface area (Å²) in [4.78, 5) is 16.2. The number of aliphatic hydroxyl groups excluding tert-OH is 1. The van der Waals surface area contributed by atoms with Gasteiger partial charge in [0.15, 0.2) is 0 Å². The smallest absolute Gasteiger partial charge is 0.229 e. The highest BCUT2D eigenvalue weighted by atomic mass is 16.3. The lowest BCUT2D eigenvalue weighted by molar-refractivity contribution is -0.122. The number of benzene rings is 1. The predicted octanol–water partition coefficient (Wildman–Crippen LogP) is 2.44. The second-order valence-corrected chi connectivity index (χ2v) is 5.35. The standard InChI is InChI=1S/C16H21N3O2/c1-10(13(4)20)16(21)18-14-5-7-15(8-6-14)19-9-17-11(2)12(19)3/h5-10,13,20H,1-4H3,(H,18,21)/t10-,13+/m0/s1. The minimum Gasteiger partial charge on any atom is -0.393 e. The Hall–Kier alpha value is -2.14. The molecule has 5 nitrogen and oxygen atoms in total. The van der Waals surface area contributed by atoms with Gasteiger partial charge in [-0.3, -0.25) is 4.79 Å². The quantitative estimate of drug-likeness (QED) is 0.907. The molecule has 0 saturated heterocycles. The van der Waals surface area contributed by atoms with Gasteiger partial charge in [-0.05, 0) is 45.0 Å². The molecule has 112 valence electrons. The molecule has 1 aromatic heterocycles. The summed E-state index contributed by atoms with van der Waals surface area (Å²) >= 11 is 0. The third kappa shape index (κ3) is 3.31. The van der Waals surface area contributed by atoms with E-state index >= 15 is 0 Å². The molecule has 1 amide bonds. The van der Waals surface area contributed by atoms with Crippen molar-refractivity contribution in [2.45, 2.75) is 33.8 Å². The SMILES string of the molecule is Cc1ncn(-c2ccc(NC(=O)[C@@H](C)[C@@H](C)O)cc2)c1C. The van der Waals surface area contributed by atoms with E-state index in [0.717, 1.165) is 17.1 Å². The van der Waals surface area contributed by atoms with E-state index in [-0.39, 0.29) is 5.91 Å². The Bertz CT molecular complexity index is 629. The van der Waals surface area contributed by atoms with Gasteiger partial charge in [0.1, 0.15) is 0 Å². The Morgan fingerprint density at radius 2 is 1.86 bits per heavy atom. The molecule has 0 radical (unpaired) electrons. The minimum atomic E-state index is -0.666. The fourth-order valence-electron chi connectivity index (χ4n) is 1.94. The summed E-state index contributed by atoms with van der Waals surface area (Å²) in [5.74, 6) is -0.629. The van der Waals surface area contributed by atoms with Crippen LogP contribution in [0.5, 0.6) is 0 Å². The van der Waals surface area contributed by atoms with E-state index in [2.05, 4.69) is 10.3 Å². The average molecular weight is 287 g/mol. The number of nitrogens with zero attached hydrogens (tertiary/aromatic N) is 2. The van der Waals surface area contributed by atoms with Gasteiger partial charge in [0, 0.05) is 17.1 Å². The molecule has 2 rings (SSSR count). The zero-order chi connectivity index (χ0) is 15.6. The Morgan fingerprint density at radius 3 is 2.33 bits per heavy atom. The zero-order valence-corrected chi connectivity index (χ0v) is 12.8. The number of hydrogen-bond donors (Lipinski definition) is 2. The van der Waals surface area contributed by atoms with Gasteiger partial charge in [-0.25, -0.2) is 4.98 Å². The number of hydrogen-bond acceptors (Lipinski definition) is 3. The van der Waals surface area contributed by atoms with Crippen LogP contribution in [0.4, 0.5) is 5.69 Å². The number of anilines is 1.